The molecule has 0 saturated heterocycles. The standard InChI is InChI=1S/C18H16N4O3/c19-11-13-7-8-15(17(10-13)22(24)25)20-12-18(23)21-9-3-5-14-4-1-2-6-16(14)21/h1-2,4,6-8,10,20H,3,5,9,12H2. The molecule has 7 nitrogen and oxygen atoms in total. The SMILES string of the molecule is N#Cc1ccc(NCC(=O)N2CCCc3ccccc32)c([N+](=O)[O-])c1. The number of para-hydroxylation sites is 1. The number of nitrogens with zero attached hydrogens (tertiary/aromatic N) is 3. The van der Waals surface area contributed by atoms with Gasteiger partial charge in [0.15, 0.2) is 0 Å². The molecule has 1 aliphatic rings. The number of carbonyl (C=O) groups excluding carboxylic acids is 1. The summed E-state index contributed by atoms with van der Waals surface area (Å²) >= 11 is 0. The molecule has 0 aromatic heterocycles. The highest BCUT2D eigenvalue weighted by Gasteiger charge is 2.23. The highest BCUT2D eigenvalue weighted by Crippen LogP contribution is 2.28. The van der Waals surface area contributed by atoms with Gasteiger partial charge in [-0.3, -0.25) is 14.9 Å². The van der Waals surface area contributed by atoms with Crippen LogP contribution in [0.2, 0.25) is 0 Å². The summed E-state index contributed by atoms with van der Waals surface area (Å²) in [5, 5.41) is 22.9. The van der Waals surface area contributed by atoms with Crippen LogP contribution in [0.5, 0.6) is 0 Å². The van der Waals surface area contributed by atoms with Gasteiger partial charge in [0.05, 0.1) is 23.1 Å². The molecule has 0 aliphatic carbocycles. The molecule has 2 aromatic rings. The highest BCUT2D eigenvalue weighted by atomic mass is 16.6. The number of fused-ring (bicyclic) bond motifs is 1. The number of anilines is 2. The first kappa shape index (κ1) is 16.5. The topological polar surface area (TPSA) is 99.3 Å². The van der Waals surface area contributed by atoms with E-state index in [1.54, 1.807) is 4.90 Å². The molecule has 1 aliphatic heterocycles. The van der Waals surface area contributed by atoms with Crippen molar-refractivity contribution < 1.29 is 9.72 Å². The van der Waals surface area contributed by atoms with Crippen molar-refractivity contribution in [1.29, 1.82) is 5.26 Å². The normalized spacial score (nSPS) is 12.8. The maximum absolute atomic E-state index is 12.6. The Morgan fingerprint density at radius 2 is 2.12 bits per heavy atom. The number of benzene rings is 2. The molecule has 25 heavy (non-hydrogen) atoms. The van der Waals surface area contributed by atoms with Crippen LogP contribution in [0.1, 0.15) is 17.5 Å². The number of hydrogen-bond acceptors (Lipinski definition) is 5. The van der Waals surface area contributed by atoms with Crippen LogP contribution in [-0.4, -0.2) is 23.9 Å². The van der Waals surface area contributed by atoms with Crippen molar-refractivity contribution in [2.75, 3.05) is 23.3 Å². The van der Waals surface area contributed by atoms with Crippen LogP contribution in [0.3, 0.4) is 0 Å². The van der Waals surface area contributed by atoms with Crippen LogP contribution in [0.25, 0.3) is 0 Å². The smallest absolute Gasteiger partial charge is 0.293 e. The molecular weight excluding hydrogens is 320 g/mol. The third-order valence-electron chi connectivity index (χ3n) is 4.16. The Kier molecular flexibility index (Phi) is 4.61. The predicted molar refractivity (Wildman–Crippen MR) is 93.4 cm³/mol. The molecule has 0 radical (unpaired) electrons. The minimum atomic E-state index is -0.566. The van der Waals surface area contributed by atoms with E-state index in [0.717, 1.165) is 24.1 Å². The monoisotopic (exact) mass is 336 g/mol. The number of carbonyl (C=O) groups is 1. The molecule has 0 fully saturated rings. The quantitative estimate of drug-likeness (QED) is 0.683. The van der Waals surface area contributed by atoms with Crippen molar-refractivity contribution in [3.63, 3.8) is 0 Å². The Balaban J connectivity index is 1.76. The van der Waals surface area contributed by atoms with Gasteiger partial charge in [-0.15, -0.1) is 0 Å². The average Bonchev–Trinajstić information content (AvgIpc) is 2.65. The number of rotatable bonds is 4. The Labute approximate surface area is 144 Å². The Hall–Kier alpha value is -3.40. The average molecular weight is 336 g/mol. The summed E-state index contributed by atoms with van der Waals surface area (Å²) in [6.45, 7) is 0.577. The zero-order chi connectivity index (χ0) is 17.8. The predicted octanol–water partition coefficient (Wildman–Crippen LogP) is 2.86. The van der Waals surface area contributed by atoms with Crippen molar-refractivity contribution in [2.45, 2.75) is 12.8 Å². The first-order valence-electron chi connectivity index (χ1n) is 7.91. The Bertz CT molecular complexity index is 873. The Morgan fingerprint density at radius 3 is 2.88 bits per heavy atom. The van der Waals surface area contributed by atoms with E-state index < -0.39 is 4.92 Å². The molecule has 0 saturated carbocycles. The molecule has 2 aromatic carbocycles. The molecule has 1 heterocycles. The third kappa shape index (κ3) is 3.43. The van der Waals surface area contributed by atoms with Gasteiger partial charge >= 0.3 is 0 Å². The van der Waals surface area contributed by atoms with E-state index in [-0.39, 0.29) is 29.4 Å². The molecule has 3 rings (SSSR count). The summed E-state index contributed by atoms with van der Waals surface area (Å²) in [7, 11) is 0. The van der Waals surface area contributed by atoms with Gasteiger partial charge in [0.1, 0.15) is 5.69 Å². The third-order valence-corrected chi connectivity index (χ3v) is 4.16. The first-order valence-corrected chi connectivity index (χ1v) is 7.91. The van der Waals surface area contributed by atoms with Gasteiger partial charge in [-0.05, 0) is 36.6 Å². The molecule has 0 spiro atoms. The van der Waals surface area contributed by atoms with Crippen LogP contribution in [0, 0.1) is 21.4 Å². The number of nitro benzene ring substituents is 1. The molecule has 0 bridgehead atoms. The molecule has 7 heteroatoms. The van der Waals surface area contributed by atoms with Crippen LogP contribution in [0.15, 0.2) is 42.5 Å². The van der Waals surface area contributed by atoms with E-state index in [1.165, 1.54) is 18.2 Å². The number of nitriles is 1. The van der Waals surface area contributed by atoms with E-state index in [2.05, 4.69) is 5.32 Å². The van der Waals surface area contributed by atoms with Gasteiger partial charge < -0.3 is 10.2 Å². The minimum absolute atomic E-state index is 0.0545. The molecule has 126 valence electrons. The van der Waals surface area contributed by atoms with Gasteiger partial charge in [-0.25, -0.2) is 0 Å². The second kappa shape index (κ2) is 7.01. The fourth-order valence-corrected chi connectivity index (χ4v) is 2.96. The van der Waals surface area contributed by atoms with Crippen molar-refractivity contribution >= 4 is 23.0 Å². The minimum Gasteiger partial charge on any atom is -0.371 e. The maximum Gasteiger partial charge on any atom is 0.293 e. The van der Waals surface area contributed by atoms with E-state index in [4.69, 9.17) is 5.26 Å². The van der Waals surface area contributed by atoms with Crippen LogP contribution in [0.4, 0.5) is 17.1 Å². The number of nitro groups is 1. The van der Waals surface area contributed by atoms with Gasteiger partial charge in [0.25, 0.3) is 5.69 Å². The first-order chi connectivity index (χ1) is 12.1. The number of nitrogens with one attached hydrogen (secondary N) is 1. The zero-order valence-electron chi connectivity index (χ0n) is 13.4. The van der Waals surface area contributed by atoms with Gasteiger partial charge in [0, 0.05) is 18.3 Å². The van der Waals surface area contributed by atoms with Gasteiger partial charge in [0.2, 0.25) is 5.91 Å². The molecule has 1 amide bonds. The van der Waals surface area contributed by atoms with Crippen molar-refractivity contribution in [3.05, 3.63) is 63.7 Å². The summed E-state index contributed by atoms with van der Waals surface area (Å²) in [5.41, 5.74) is 2.24. The molecule has 0 unspecified atom stereocenters. The number of aryl methyl sites for hydroxylation is 1. The van der Waals surface area contributed by atoms with Crippen LogP contribution in [-0.2, 0) is 11.2 Å². The summed E-state index contributed by atoms with van der Waals surface area (Å²) in [5.74, 6) is -0.147. The molecule has 0 atom stereocenters. The second-order valence-corrected chi connectivity index (χ2v) is 5.73. The molecular formula is C18H16N4O3. The number of hydrogen-bond donors (Lipinski definition) is 1. The van der Waals surface area contributed by atoms with E-state index >= 15 is 0 Å². The van der Waals surface area contributed by atoms with Crippen molar-refractivity contribution in [1.82, 2.24) is 0 Å². The van der Waals surface area contributed by atoms with Crippen LogP contribution < -0.4 is 10.2 Å². The lowest BCUT2D eigenvalue weighted by Crippen LogP contribution is -2.39. The van der Waals surface area contributed by atoms with Crippen molar-refractivity contribution in [3.8, 4) is 6.07 Å². The van der Waals surface area contributed by atoms with Gasteiger partial charge in [-0.2, -0.15) is 5.26 Å². The Morgan fingerprint density at radius 1 is 1.32 bits per heavy atom. The summed E-state index contributed by atoms with van der Waals surface area (Å²) < 4.78 is 0. The largest absolute Gasteiger partial charge is 0.371 e. The summed E-state index contributed by atoms with van der Waals surface area (Å²) in [6, 6.07) is 13.8. The van der Waals surface area contributed by atoms with Crippen molar-refractivity contribution in [2.24, 2.45) is 0 Å². The summed E-state index contributed by atoms with van der Waals surface area (Å²) in [4.78, 5) is 24.9. The lowest BCUT2D eigenvalue weighted by atomic mass is 10.0. The fraction of sp³-hybridized carbons (Fsp3) is 0.222. The lowest BCUT2D eigenvalue weighted by molar-refractivity contribution is -0.384. The van der Waals surface area contributed by atoms with Crippen LogP contribution >= 0.6 is 0 Å². The van der Waals surface area contributed by atoms with E-state index in [0.29, 0.717) is 6.54 Å². The number of amides is 1. The van der Waals surface area contributed by atoms with Gasteiger partial charge in [-0.1, -0.05) is 18.2 Å². The zero-order valence-corrected chi connectivity index (χ0v) is 13.4. The van der Waals surface area contributed by atoms with E-state index in [9.17, 15) is 14.9 Å². The summed E-state index contributed by atoms with van der Waals surface area (Å²) in [6.07, 6.45) is 1.83. The molecule has 1 N–H and O–H groups in total. The maximum atomic E-state index is 12.6. The lowest BCUT2D eigenvalue weighted by Gasteiger charge is -2.29. The second-order valence-electron chi connectivity index (χ2n) is 5.73. The van der Waals surface area contributed by atoms with E-state index in [1.807, 2.05) is 30.3 Å². The highest BCUT2D eigenvalue weighted by molar-refractivity contribution is 5.97. The fourth-order valence-electron chi connectivity index (χ4n) is 2.96.